The van der Waals surface area contributed by atoms with Crippen molar-refractivity contribution >= 4 is 46.3 Å². The maximum Gasteiger partial charge on any atom is 0.326 e. The Labute approximate surface area is 149 Å². The van der Waals surface area contributed by atoms with Crippen molar-refractivity contribution in [3.63, 3.8) is 0 Å². The summed E-state index contributed by atoms with van der Waals surface area (Å²) in [7, 11) is 1.54. The molecule has 0 spiro atoms. The average molecular weight is 367 g/mol. The van der Waals surface area contributed by atoms with Crippen LogP contribution in [0.2, 0.25) is 0 Å². The molecule has 1 fully saturated rings. The molecule has 24 heavy (non-hydrogen) atoms. The molecule has 1 amide bonds. The van der Waals surface area contributed by atoms with E-state index in [2.05, 4.69) is 0 Å². The largest absolute Gasteiger partial charge is 0.493 e. The summed E-state index contributed by atoms with van der Waals surface area (Å²) in [6.07, 6.45) is 1.66. The van der Waals surface area contributed by atoms with Crippen molar-refractivity contribution in [2.24, 2.45) is 0 Å². The summed E-state index contributed by atoms with van der Waals surface area (Å²) >= 11 is 6.21. The predicted octanol–water partition coefficient (Wildman–Crippen LogP) is 2.77. The maximum absolute atomic E-state index is 12.4. The van der Waals surface area contributed by atoms with Gasteiger partial charge in [-0.3, -0.25) is 9.69 Å². The Hall–Kier alpha value is -2.06. The third-order valence-electron chi connectivity index (χ3n) is 3.35. The van der Waals surface area contributed by atoms with Gasteiger partial charge in [0.1, 0.15) is 10.4 Å². The fourth-order valence-electron chi connectivity index (χ4n) is 2.12. The number of nitrogens with zero attached hydrogens (tertiary/aromatic N) is 1. The highest BCUT2D eigenvalue weighted by Gasteiger charge is 2.38. The zero-order chi connectivity index (χ0) is 17.9. The number of aliphatic carboxylic acids is 1. The van der Waals surface area contributed by atoms with Crippen LogP contribution in [0.1, 0.15) is 19.4 Å². The third-order valence-corrected chi connectivity index (χ3v) is 4.68. The molecule has 2 rings (SSSR count). The Morgan fingerprint density at radius 3 is 2.75 bits per heavy atom. The Kier molecular flexibility index (Phi) is 5.84. The molecule has 0 aliphatic carbocycles. The van der Waals surface area contributed by atoms with Gasteiger partial charge in [-0.15, -0.1) is 0 Å². The van der Waals surface area contributed by atoms with Gasteiger partial charge < -0.3 is 14.6 Å². The zero-order valence-electron chi connectivity index (χ0n) is 13.4. The topological polar surface area (TPSA) is 76.1 Å². The lowest BCUT2D eigenvalue weighted by Gasteiger charge is -2.18. The molecule has 1 unspecified atom stereocenters. The van der Waals surface area contributed by atoms with Crippen molar-refractivity contribution < 1.29 is 24.2 Å². The molecule has 128 valence electrons. The van der Waals surface area contributed by atoms with Crippen LogP contribution in [0.4, 0.5) is 0 Å². The van der Waals surface area contributed by atoms with Crippen LogP contribution in [0, 0.1) is 0 Å². The van der Waals surface area contributed by atoms with Crippen molar-refractivity contribution in [3.8, 4) is 11.5 Å². The van der Waals surface area contributed by atoms with E-state index in [-0.39, 0.29) is 4.32 Å². The van der Waals surface area contributed by atoms with Crippen LogP contribution in [0.25, 0.3) is 6.08 Å². The third kappa shape index (κ3) is 3.70. The van der Waals surface area contributed by atoms with Gasteiger partial charge in [0.05, 0.1) is 18.6 Å². The number of hydrogen-bond acceptors (Lipinski definition) is 6. The first-order chi connectivity index (χ1) is 11.4. The van der Waals surface area contributed by atoms with Gasteiger partial charge in [0.2, 0.25) is 0 Å². The second kappa shape index (κ2) is 7.67. The van der Waals surface area contributed by atoms with E-state index in [1.165, 1.54) is 14.0 Å². The molecule has 0 radical (unpaired) electrons. The maximum atomic E-state index is 12.4. The molecule has 1 saturated heterocycles. The molecule has 1 aliphatic rings. The predicted molar refractivity (Wildman–Crippen MR) is 96.3 cm³/mol. The van der Waals surface area contributed by atoms with Crippen molar-refractivity contribution in [1.29, 1.82) is 0 Å². The number of thioether (sulfide) groups is 1. The highest BCUT2D eigenvalue weighted by atomic mass is 32.2. The summed E-state index contributed by atoms with van der Waals surface area (Å²) in [6, 6.07) is 4.30. The summed E-state index contributed by atoms with van der Waals surface area (Å²) in [5.74, 6) is -0.341. The summed E-state index contributed by atoms with van der Waals surface area (Å²) in [5, 5.41) is 9.09. The standard InChI is InChI=1S/C16H17NO5S2/c1-4-22-11-6-5-10(7-12(11)21-3)8-13-14(18)17(16(23)24-13)9(2)15(19)20/h5-9H,4H2,1-3H3,(H,19,20)/b13-8+. The van der Waals surface area contributed by atoms with Crippen LogP contribution in [0.3, 0.4) is 0 Å². The van der Waals surface area contributed by atoms with E-state index in [1.54, 1.807) is 24.3 Å². The van der Waals surface area contributed by atoms with Gasteiger partial charge in [-0.25, -0.2) is 4.79 Å². The molecule has 1 N–H and O–H groups in total. The van der Waals surface area contributed by atoms with Crippen molar-refractivity contribution in [2.45, 2.75) is 19.9 Å². The number of carbonyl (C=O) groups is 2. The second-order valence-electron chi connectivity index (χ2n) is 4.91. The first kappa shape index (κ1) is 18.3. The van der Waals surface area contributed by atoms with Gasteiger partial charge in [0.15, 0.2) is 11.5 Å². The highest BCUT2D eigenvalue weighted by Crippen LogP contribution is 2.35. The minimum atomic E-state index is -1.10. The smallest absolute Gasteiger partial charge is 0.326 e. The summed E-state index contributed by atoms with van der Waals surface area (Å²) in [4.78, 5) is 25.0. The SMILES string of the molecule is CCOc1ccc(/C=C2/SC(=S)N(C(C)C(=O)O)C2=O)cc1OC. The Morgan fingerprint density at radius 1 is 1.46 bits per heavy atom. The van der Waals surface area contributed by atoms with Crippen LogP contribution < -0.4 is 9.47 Å². The van der Waals surface area contributed by atoms with E-state index in [4.69, 9.17) is 26.8 Å². The average Bonchev–Trinajstić information content (AvgIpc) is 2.82. The van der Waals surface area contributed by atoms with Crippen LogP contribution in [0.15, 0.2) is 23.1 Å². The Morgan fingerprint density at radius 2 is 2.17 bits per heavy atom. The van der Waals surface area contributed by atoms with Crippen LogP contribution in [0.5, 0.6) is 11.5 Å². The molecule has 0 bridgehead atoms. The molecule has 1 heterocycles. The lowest BCUT2D eigenvalue weighted by atomic mass is 10.1. The van der Waals surface area contributed by atoms with Gasteiger partial charge in [-0.1, -0.05) is 30.0 Å². The minimum Gasteiger partial charge on any atom is -0.493 e. The number of benzene rings is 1. The molecule has 1 aromatic rings. The van der Waals surface area contributed by atoms with E-state index in [9.17, 15) is 9.59 Å². The number of methoxy groups -OCH3 is 1. The minimum absolute atomic E-state index is 0.235. The van der Waals surface area contributed by atoms with Crippen LogP contribution >= 0.6 is 24.0 Å². The van der Waals surface area contributed by atoms with Gasteiger partial charge in [0.25, 0.3) is 5.91 Å². The fourth-order valence-corrected chi connectivity index (χ4v) is 3.54. The number of amides is 1. The number of hydrogen-bond donors (Lipinski definition) is 1. The van der Waals surface area contributed by atoms with E-state index < -0.39 is 17.9 Å². The fraction of sp³-hybridized carbons (Fsp3) is 0.312. The molecule has 6 nitrogen and oxygen atoms in total. The molecular weight excluding hydrogens is 350 g/mol. The van der Waals surface area contributed by atoms with Crippen molar-refractivity contribution in [1.82, 2.24) is 4.90 Å². The first-order valence-corrected chi connectivity index (χ1v) is 8.42. The van der Waals surface area contributed by atoms with E-state index >= 15 is 0 Å². The number of rotatable bonds is 6. The lowest BCUT2D eigenvalue weighted by Crippen LogP contribution is -2.41. The van der Waals surface area contributed by atoms with Gasteiger partial charge in [-0.05, 0) is 37.6 Å². The molecule has 8 heteroatoms. The van der Waals surface area contributed by atoms with Gasteiger partial charge in [-0.2, -0.15) is 0 Å². The Balaban J connectivity index is 2.30. The first-order valence-electron chi connectivity index (χ1n) is 7.19. The molecule has 1 aromatic carbocycles. The normalized spacial score (nSPS) is 17.3. The second-order valence-corrected chi connectivity index (χ2v) is 6.58. The van der Waals surface area contributed by atoms with E-state index in [1.807, 2.05) is 6.92 Å². The lowest BCUT2D eigenvalue weighted by molar-refractivity contribution is -0.144. The number of thiocarbonyl (C=S) groups is 1. The molecule has 0 saturated carbocycles. The van der Waals surface area contributed by atoms with E-state index in [0.717, 1.165) is 22.2 Å². The Bertz CT molecular complexity index is 716. The number of carboxylic acid groups (broad SMARTS) is 1. The number of carboxylic acids is 1. The molecule has 1 atom stereocenters. The van der Waals surface area contributed by atoms with E-state index in [0.29, 0.717) is 23.0 Å². The molecule has 0 aromatic heterocycles. The van der Waals surface area contributed by atoms with Gasteiger partial charge >= 0.3 is 5.97 Å². The van der Waals surface area contributed by atoms with Crippen LogP contribution in [-0.2, 0) is 9.59 Å². The monoisotopic (exact) mass is 367 g/mol. The highest BCUT2D eigenvalue weighted by molar-refractivity contribution is 8.26. The zero-order valence-corrected chi connectivity index (χ0v) is 15.1. The summed E-state index contributed by atoms with van der Waals surface area (Å²) in [5.41, 5.74) is 0.735. The van der Waals surface area contributed by atoms with Gasteiger partial charge in [0, 0.05) is 0 Å². The summed E-state index contributed by atoms with van der Waals surface area (Å²) in [6.45, 7) is 3.82. The van der Waals surface area contributed by atoms with Crippen molar-refractivity contribution in [3.05, 3.63) is 28.7 Å². The number of ether oxygens (including phenoxy) is 2. The summed E-state index contributed by atoms with van der Waals surface area (Å²) < 4.78 is 11.0. The quantitative estimate of drug-likeness (QED) is 0.612. The van der Waals surface area contributed by atoms with Crippen molar-refractivity contribution in [2.75, 3.05) is 13.7 Å². The molecule has 1 aliphatic heterocycles. The molecular formula is C16H17NO5S2. The van der Waals surface area contributed by atoms with Crippen LogP contribution in [-0.4, -0.2) is 46.0 Å². The number of carbonyl (C=O) groups excluding carboxylic acids is 1.